The highest BCUT2D eigenvalue weighted by Crippen LogP contribution is 2.03. The van der Waals surface area contributed by atoms with E-state index in [-0.39, 0.29) is 5.91 Å². The maximum atomic E-state index is 11.4. The number of nitrogens with zero attached hydrogens (tertiary/aromatic N) is 1. The summed E-state index contributed by atoms with van der Waals surface area (Å²) in [6.07, 6.45) is 2.26. The number of likely N-dealkylation sites (N-methyl/N-ethyl adjacent to an activating group) is 1. The Morgan fingerprint density at radius 1 is 1.79 bits per heavy atom. The van der Waals surface area contributed by atoms with Crippen LogP contribution in [0.3, 0.4) is 0 Å². The molecule has 4 nitrogen and oxygen atoms in total. The molecule has 0 spiro atoms. The minimum Gasteiger partial charge on any atom is -0.353 e. The molecule has 4 heteroatoms. The summed E-state index contributed by atoms with van der Waals surface area (Å²) in [5.74, 6) is 0.102. The summed E-state index contributed by atoms with van der Waals surface area (Å²) in [7, 11) is 2.06. The summed E-state index contributed by atoms with van der Waals surface area (Å²) in [6, 6.07) is 0.327. The number of nitrogens with one attached hydrogen (secondary N) is 2. The Balaban J connectivity index is 2.27. The lowest BCUT2D eigenvalue weighted by molar-refractivity contribution is -0.122. The molecule has 0 saturated carbocycles. The standard InChI is InChI=1S/C10H19N3O/c1-3-4-12-10(14)7-9-8-11-5-6-13(9)2/h3,9,11H,1,4-8H2,2H3,(H,12,14). The van der Waals surface area contributed by atoms with Crippen LogP contribution in [0.4, 0.5) is 0 Å². The highest BCUT2D eigenvalue weighted by atomic mass is 16.1. The Morgan fingerprint density at radius 2 is 2.57 bits per heavy atom. The first kappa shape index (κ1) is 11.2. The van der Waals surface area contributed by atoms with Gasteiger partial charge in [0.25, 0.3) is 0 Å². The SMILES string of the molecule is C=CCNC(=O)CC1CNCCN1C. The first-order valence-corrected chi connectivity index (χ1v) is 5.02. The zero-order valence-corrected chi connectivity index (χ0v) is 8.75. The van der Waals surface area contributed by atoms with Gasteiger partial charge < -0.3 is 15.5 Å². The number of rotatable bonds is 4. The van der Waals surface area contributed by atoms with Crippen LogP contribution in [0, 0.1) is 0 Å². The third-order valence-corrected chi connectivity index (χ3v) is 2.51. The van der Waals surface area contributed by atoms with E-state index in [4.69, 9.17) is 0 Å². The van der Waals surface area contributed by atoms with Crippen molar-refractivity contribution >= 4 is 5.91 Å². The molecular formula is C10H19N3O. The van der Waals surface area contributed by atoms with E-state index in [1.807, 2.05) is 0 Å². The first-order valence-electron chi connectivity index (χ1n) is 5.02. The van der Waals surface area contributed by atoms with Gasteiger partial charge in [0, 0.05) is 38.6 Å². The van der Waals surface area contributed by atoms with Gasteiger partial charge in [0.1, 0.15) is 0 Å². The Hall–Kier alpha value is -0.870. The van der Waals surface area contributed by atoms with Gasteiger partial charge in [-0.25, -0.2) is 0 Å². The van der Waals surface area contributed by atoms with E-state index in [1.54, 1.807) is 6.08 Å². The van der Waals surface area contributed by atoms with Gasteiger partial charge in [0.15, 0.2) is 0 Å². The van der Waals surface area contributed by atoms with Crippen molar-refractivity contribution in [3.05, 3.63) is 12.7 Å². The average Bonchev–Trinajstić information content (AvgIpc) is 2.18. The third-order valence-electron chi connectivity index (χ3n) is 2.51. The first-order chi connectivity index (χ1) is 6.74. The summed E-state index contributed by atoms with van der Waals surface area (Å²) in [5, 5.41) is 6.07. The minimum absolute atomic E-state index is 0.102. The van der Waals surface area contributed by atoms with E-state index in [2.05, 4.69) is 29.2 Å². The van der Waals surface area contributed by atoms with Crippen LogP contribution in [0.15, 0.2) is 12.7 Å². The molecule has 14 heavy (non-hydrogen) atoms. The maximum absolute atomic E-state index is 11.4. The van der Waals surface area contributed by atoms with Crippen LogP contribution in [0.2, 0.25) is 0 Å². The molecule has 1 heterocycles. The molecule has 1 unspecified atom stereocenters. The fourth-order valence-electron chi connectivity index (χ4n) is 1.56. The number of amides is 1. The molecule has 1 aliphatic heterocycles. The average molecular weight is 197 g/mol. The largest absolute Gasteiger partial charge is 0.353 e. The highest BCUT2D eigenvalue weighted by molar-refractivity contribution is 5.76. The quantitative estimate of drug-likeness (QED) is 0.602. The monoisotopic (exact) mass is 197 g/mol. The van der Waals surface area contributed by atoms with Crippen LogP contribution in [0.25, 0.3) is 0 Å². The van der Waals surface area contributed by atoms with Crippen LogP contribution in [-0.4, -0.2) is 50.1 Å². The fourth-order valence-corrected chi connectivity index (χ4v) is 1.56. The molecule has 2 N–H and O–H groups in total. The number of hydrogen-bond acceptors (Lipinski definition) is 3. The van der Waals surface area contributed by atoms with Gasteiger partial charge >= 0.3 is 0 Å². The molecule has 0 aliphatic carbocycles. The second kappa shape index (κ2) is 5.78. The van der Waals surface area contributed by atoms with Gasteiger partial charge in [-0.15, -0.1) is 6.58 Å². The molecular weight excluding hydrogens is 178 g/mol. The maximum Gasteiger partial charge on any atom is 0.221 e. The van der Waals surface area contributed by atoms with Gasteiger partial charge in [-0.3, -0.25) is 4.79 Å². The summed E-state index contributed by atoms with van der Waals surface area (Å²) in [4.78, 5) is 13.6. The van der Waals surface area contributed by atoms with E-state index in [0.717, 1.165) is 19.6 Å². The van der Waals surface area contributed by atoms with Gasteiger partial charge in [0.05, 0.1) is 0 Å². The minimum atomic E-state index is 0.102. The second-order valence-corrected chi connectivity index (χ2v) is 3.64. The number of carbonyl (C=O) groups is 1. The van der Waals surface area contributed by atoms with E-state index < -0.39 is 0 Å². The molecule has 1 fully saturated rings. The Morgan fingerprint density at radius 3 is 3.21 bits per heavy atom. The van der Waals surface area contributed by atoms with Gasteiger partial charge in [-0.2, -0.15) is 0 Å². The summed E-state index contributed by atoms with van der Waals surface area (Å²) >= 11 is 0. The van der Waals surface area contributed by atoms with Crippen molar-refractivity contribution in [3.8, 4) is 0 Å². The number of hydrogen-bond donors (Lipinski definition) is 2. The van der Waals surface area contributed by atoms with Crippen molar-refractivity contribution in [2.75, 3.05) is 33.2 Å². The van der Waals surface area contributed by atoms with E-state index in [9.17, 15) is 4.79 Å². The van der Waals surface area contributed by atoms with Crippen molar-refractivity contribution in [1.82, 2.24) is 15.5 Å². The molecule has 1 amide bonds. The van der Waals surface area contributed by atoms with Crippen LogP contribution >= 0.6 is 0 Å². The molecule has 0 bridgehead atoms. The summed E-state index contributed by atoms with van der Waals surface area (Å²) < 4.78 is 0. The summed E-state index contributed by atoms with van der Waals surface area (Å²) in [5.41, 5.74) is 0. The van der Waals surface area contributed by atoms with Crippen molar-refractivity contribution in [3.63, 3.8) is 0 Å². The lowest BCUT2D eigenvalue weighted by atomic mass is 10.1. The lowest BCUT2D eigenvalue weighted by Gasteiger charge is -2.32. The van der Waals surface area contributed by atoms with Crippen molar-refractivity contribution in [2.45, 2.75) is 12.5 Å². The van der Waals surface area contributed by atoms with Crippen LogP contribution < -0.4 is 10.6 Å². The Bertz CT molecular complexity index is 206. The van der Waals surface area contributed by atoms with Crippen molar-refractivity contribution in [1.29, 1.82) is 0 Å². The number of piperazine rings is 1. The Kier molecular flexibility index (Phi) is 4.62. The summed E-state index contributed by atoms with van der Waals surface area (Å²) in [6.45, 7) is 7.04. The van der Waals surface area contributed by atoms with Crippen LogP contribution in [0.5, 0.6) is 0 Å². The molecule has 1 saturated heterocycles. The smallest absolute Gasteiger partial charge is 0.221 e. The fraction of sp³-hybridized carbons (Fsp3) is 0.700. The molecule has 0 aromatic rings. The molecule has 1 aliphatic rings. The van der Waals surface area contributed by atoms with Gasteiger partial charge in [-0.1, -0.05) is 6.08 Å². The molecule has 0 aromatic carbocycles. The second-order valence-electron chi connectivity index (χ2n) is 3.64. The Labute approximate surface area is 85.3 Å². The van der Waals surface area contributed by atoms with Crippen molar-refractivity contribution < 1.29 is 4.79 Å². The zero-order chi connectivity index (χ0) is 10.4. The van der Waals surface area contributed by atoms with Gasteiger partial charge in [-0.05, 0) is 7.05 Å². The van der Waals surface area contributed by atoms with Gasteiger partial charge in [0.2, 0.25) is 5.91 Å². The van der Waals surface area contributed by atoms with Crippen LogP contribution in [0.1, 0.15) is 6.42 Å². The topological polar surface area (TPSA) is 44.4 Å². The lowest BCUT2D eigenvalue weighted by Crippen LogP contribution is -2.50. The van der Waals surface area contributed by atoms with E-state index in [0.29, 0.717) is 19.0 Å². The van der Waals surface area contributed by atoms with E-state index in [1.165, 1.54) is 0 Å². The predicted molar refractivity (Wildman–Crippen MR) is 57.1 cm³/mol. The normalized spacial score (nSPS) is 23.1. The zero-order valence-electron chi connectivity index (χ0n) is 8.75. The van der Waals surface area contributed by atoms with Crippen LogP contribution in [-0.2, 0) is 4.79 Å². The van der Waals surface area contributed by atoms with E-state index >= 15 is 0 Å². The molecule has 0 radical (unpaired) electrons. The molecule has 0 aromatic heterocycles. The number of carbonyl (C=O) groups excluding carboxylic acids is 1. The van der Waals surface area contributed by atoms with Crippen molar-refractivity contribution in [2.24, 2.45) is 0 Å². The highest BCUT2D eigenvalue weighted by Gasteiger charge is 2.20. The molecule has 80 valence electrons. The third kappa shape index (κ3) is 3.47. The predicted octanol–water partition coefficient (Wildman–Crippen LogP) is -0.418. The molecule has 1 rings (SSSR count). The molecule has 1 atom stereocenters.